The van der Waals surface area contributed by atoms with E-state index >= 15 is 0 Å². The maximum atomic E-state index is 14.3. The molecule has 4 heteroatoms. The second-order valence-electron chi connectivity index (χ2n) is 5.34. The van der Waals surface area contributed by atoms with Crippen molar-refractivity contribution in [2.75, 3.05) is 29.9 Å². The molecular formula is C16H25FN2O. The molecule has 0 aliphatic carbocycles. The summed E-state index contributed by atoms with van der Waals surface area (Å²) < 4.78 is 14.3. The second kappa shape index (κ2) is 6.73. The van der Waals surface area contributed by atoms with Gasteiger partial charge in [-0.25, -0.2) is 4.39 Å². The van der Waals surface area contributed by atoms with Crippen LogP contribution in [-0.4, -0.2) is 25.4 Å². The molecule has 0 spiro atoms. The number of benzene rings is 1. The van der Waals surface area contributed by atoms with Crippen LogP contribution in [-0.2, 0) is 0 Å². The third kappa shape index (κ3) is 3.30. The fourth-order valence-corrected chi connectivity index (χ4v) is 2.74. The Morgan fingerprint density at radius 2 is 1.95 bits per heavy atom. The Balaban J connectivity index is 0.00000220. The molecule has 3 nitrogen and oxygen atoms in total. The lowest BCUT2D eigenvalue weighted by atomic mass is 10.1. The number of ketones is 1. The molecule has 1 aromatic carbocycles. The van der Waals surface area contributed by atoms with Crippen molar-refractivity contribution in [1.29, 1.82) is 0 Å². The van der Waals surface area contributed by atoms with E-state index < -0.39 is 0 Å². The molecule has 1 fully saturated rings. The van der Waals surface area contributed by atoms with Crippen molar-refractivity contribution < 1.29 is 10.6 Å². The summed E-state index contributed by atoms with van der Waals surface area (Å²) in [6, 6.07) is 3.17. The minimum absolute atomic E-state index is 0. The average molecular weight is 280 g/mol. The monoisotopic (exact) mass is 280 g/mol. The van der Waals surface area contributed by atoms with Gasteiger partial charge in [-0.05, 0) is 38.8 Å². The van der Waals surface area contributed by atoms with Crippen molar-refractivity contribution in [2.45, 2.75) is 39.5 Å². The summed E-state index contributed by atoms with van der Waals surface area (Å²) in [5, 5.41) is 3.17. The SMILES string of the molecule is CCNc1cc(N2CCCCCC2)c(F)cc1C(C)=O.[HH]. The summed E-state index contributed by atoms with van der Waals surface area (Å²) in [4.78, 5) is 13.7. The highest BCUT2D eigenvalue weighted by Crippen LogP contribution is 2.29. The van der Waals surface area contributed by atoms with E-state index in [4.69, 9.17) is 0 Å². The molecule has 0 atom stereocenters. The van der Waals surface area contributed by atoms with Crippen LogP contribution >= 0.6 is 0 Å². The van der Waals surface area contributed by atoms with Gasteiger partial charge in [-0.3, -0.25) is 4.79 Å². The molecule has 2 rings (SSSR count). The van der Waals surface area contributed by atoms with Gasteiger partial charge in [-0.2, -0.15) is 0 Å². The van der Waals surface area contributed by atoms with E-state index in [0.717, 1.165) is 31.6 Å². The predicted molar refractivity (Wildman–Crippen MR) is 83.4 cm³/mol. The van der Waals surface area contributed by atoms with Crippen LogP contribution in [0.3, 0.4) is 0 Å². The normalized spacial score (nSPS) is 15.8. The molecule has 1 aromatic rings. The minimum Gasteiger partial charge on any atom is -0.385 e. The molecule has 0 radical (unpaired) electrons. The maximum Gasteiger partial charge on any atom is 0.161 e. The number of Topliss-reactive ketones (excluding diaryl/α,β-unsaturated/α-hetero) is 1. The standard InChI is InChI=1S/C16H23FN2O.H2/c1-3-18-15-11-16(14(17)10-13(15)12(2)20)19-8-6-4-5-7-9-19;/h10-11,18H,3-9H2,1-2H3;1H. The van der Waals surface area contributed by atoms with Crippen molar-refractivity contribution in [2.24, 2.45) is 0 Å². The van der Waals surface area contributed by atoms with Crippen LogP contribution < -0.4 is 10.2 Å². The molecule has 112 valence electrons. The van der Waals surface area contributed by atoms with E-state index in [0.29, 0.717) is 17.8 Å². The Morgan fingerprint density at radius 3 is 2.50 bits per heavy atom. The highest BCUT2D eigenvalue weighted by molar-refractivity contribution is 6.00. The Hall–Kier alpha value is -1.58. The first-order chi connectivity index (χ1) is 9.63. The first kappa shape index (κ1) is 14.8. The molecule has 0 amide bonds. The van der Waals surface area contributed by atoms with Crippen LogP contribution in [0.2, 0.25) is 0 Å². The Labute approximate surface area is 121 Å². The van der Waals surface area contributed by atoms with E-state index in [9.17, 15) is 9.18 Å². The lowest BCUT2D eigenvalue weighted by Gasteiger charge is -2.24. The van der Waals surface area contributed by atoms with Gasteiger partial charge in [0.1, 0.15) is 5.82 Å². The third-order valence-corrected chi connectivity index (χ3v) is 3.78. The van der Waals surface area contributed by atoms with E-state index in [1.807, 2.05) is 6.92 Å². The van der Waals surface area contributed by atoms with Gasteiger partial charge in [-0.1, -0.05) is 12.8 Å². The van der Waals surface area contributed by atoms with Gasteiger partial charge in [0.15, 0.2) is 5.78 Å². The topological polar surface area (TPSA) is 32.3 Å². The number of nitrogens with one attached hydrogen (secondary N) is 1. The van der Waals surface area contributed by atoms with Crippen molar-refractivity contribution in [3.63, 3.8) is 0 Å². The van der Waals surface area contributed by atoms with E-state index in [-0.39, 0.29) is 13.0 Å². The molecule has 1 saturated heterocycles. The number of hydrogen-bond acceptors (Lipinski definition) is 3. The van der Waals surface area contributed by atoms with Crippen LogP contribution in [0.25, 0.3) is 0 Å². The van der Waals surface area contributed by atoms with Crippen LogP contribution in [0.15, 0.2) is 12.1 Å². The van der Waals surface area contributed by atoms with E-state index in [1.54, 1.807) is 6.07 Å². The van der Waals surface area contributed by atoms with Gasteiger partial charge in [-0.15, -0.1) is 0 Å². The largest absolute Gasteiger partial charge is 0.385 e. The van der Waals surface area contributed by atoms with Crippen molar-refractivity contribution in [3.8, 4) is 0 Å². The smallest absolute Gasteiger partial charge is 0.161 e. The summed E-state index contributed by atoms with van der Waals surface area (Å²) >= 11 is 0. The molecule has 0 unspecified atom stereocenters. The predicted octanol–water partition coefficient (Wildman–Crippen LogP) is 4.09. The Bertz CT molecular complexity index is 485. The fraction of sp³-hybridized carbons (Fsp3) is 0.562. The number of carbonyl (C=O) groups is 1. The van der Waals surface area contributed by atoms with Gasteiger partial charge in [0.05, 0.1) is 5.69 Å². The third-order valence-electron chi connectivity index (χ3n) is 3.78. The van der Waals surface area contributed by atoms with Crippen LogP contribution in [0.4, 0.5) is 15.8 Å². The quantitative estimate of drug-likeness (QED) is 0.843. The molecule has 1 aliphatic rings. The number of anilines is 2. The molecule has 0 bridgehead atoms. The fourth-order valence-electron chi connectivity index (χ4n) is 2.74. The highest BCUT2D eigenvalue weighted by atomic mass is 19.1. The summed E-state index contributed by atoms with van der Waals surface area (Å²) in [5.74, 6) is -0.402. The van der Waals surface area contributed by atoms with Gasteiger partial charge < -0.3 is 10.2 Å². The van der Waals surface area contributed by atoms with Gasteiger partial charge in [0.25, 0.3) is 0 Å². The van der Waals surface area contributed by atoms with Crippen molar-refractivity contribution in [3.05, 3.63) is 23.5 Å². The van der Waals surface area contributed by atoms with Crippen LogP contribution in [0, 0.1) is 5.82 Å². The minimum atomic E-state index is -0.293. The van der Waals surface area contributed by atoms with Gasteiger partial charge in [0, 0.05) is 32.3 Å². The summed E-state index contributed by atoms with van der Waals surface area (Å²) in [6.07, 6.45) is 4.63. The van der Waals surface area contributed by atoms with Gasteiger partial charge in [0.2, 0.25) is 0 Å². The highest BCUT2D eigenvalue weighted by Gasteiger charge is 2.18. The maximum absolute atomic E-state index is 14.3. The zero-order valence-electron chi connectivity index (χ0n) is 12.3. The lowest BCUT2D eigenvalue weighted by molar-refractivity contribution is 0.101. The van der Waals surface area contributed by atoms with E-state index in [1.165, 1.54) is 25.8 Å². The van der Waals surface area contributed by atoms with Crippen molar-refractivity contribution in [1.82, 2.24) is 0 Å². The number of rotatable bonds is 4. The molecule has 0 aromatic heterocycles. The Kier molecular flexibility index (Phi) is 4.99. The lowest BCUT2D eigenvalue weighted by Crippen LogP contribution is -2.25. The molecule has 1 aliphatic heterocycles. The summed E-state index contributed by atoms with van der Waals surface area (Å²) in [7, 11) is 0. The first-order valence-electron chi connectivity index (χ1n) is 7.46. The zero-order valence-corrected chi connectivity index (χ0v) is 12.3. The molecule has 1 heterocycles. The average Bonchev–Trinajstić information content (AvgIpc) is 2.69. The van der Waals surface area contributed by atoms with E-state index in [2.05, 4.69) is 10.2 Å². The van der Waals surface area contributed by atoms with Crippen molar-refractivity contribution >= 4 is 17.2 Å². The molecule has 0 saturated carbocycles. The first-order valence-corrected chi connectivity index (χ1v) is 7.46. The summed E-state index contributed by atoms with van der Waals surface area (Å²) in [6.45, 7) is 5.94. The number of hydrogen-bond donors (Lipinski definition) is 1. The molecule has 20 heavy (non-hydrogen) atoms. The van der Waals surface area contributed by atoms with Crippen LogP contribution in [0.1, 0.15) is 51.3 Å². The second-order valence-corrected chi connectivity index (χ2v) is 5.34. The number of carbonyl (C=O) groups excluding carboxylic acids is 1. The number of halogens is 1. The van der Waals surface area contributed by atoms with Gasteiger partial charge >= 0.3 is 0 Å². The number of nitrogens with zero attached hydrogens (tertiary/aromatic N) is 1. The Morgan fingerprint density at radius 1 is 1.30 bits per heavy atom. The summed E-state index contributed by atoms with van der Waals surface area (Å²) in [5.41, 5.74) is 1.79. The molecular weight excluding hydrogens is 255 g/mol. The van der Waals surface area contributed by atoms with Crippen LogP contribution in [0.5, 0.6) is 0 Å². The molecule has 1 N–H and O–H groups in total. The zero-order chi connectivity index (χ0) is 14.5.